The first-order valence-electron chi connectivity index (χ1n) is 7.65. The standard InChI is InChI=1S/C18H17FN2O2S/c1-24-15-6-3-5-13(19)17(15)18(23)20-12-8-9-14-11(10-12)4-2-7-16(22)21-14/h3,5-6,8-10H,2,4,7H2,1H3,(H,20,23)(H,21,22). The van der Waals surface area contributed by atoms with E-state index in [0.717, 1.165) is 24.1 Å². The highest BCUT2D eigenvalue weighted by molar-refractivity contribution is 7.98. The van der Waals surface area contributed by atoms with E-state index in [2.05, 4.69) is 10.6 Å². The number of fused-ring (bicyclic) bond motifs is 1. The summed E-state index contributed by atoms with van der Waals surface area (Å²) in [4.78, 5) is 24.6. The molecule has 0 atom stereocenters. The van der Waals surface area contributed by atoms with Crippen LogP contribution in [0.1, 0.15) is 28.8 Å². The number of nitrogens with one attached hydrogen (secondary N) is 2. The molecule has 2 N–H and O–H groups in total. The first kappa shape index (κ1) is 16.5. The Morgan fingerprint density at radius 2 is 2.08 bits per heavy atom. The van der Waals surface area contributed by atoms with Crippen molar-refractivity contribution in [1.29, 1.82) is 0 Å². The lowest BCUT2D eigenvalue weighted by atomic mass is 10.1. The minimum atomic E-state index is -0.540. The number of rotatable bonds is 3. The topological polar surface area (TPSA) is 58.2 Å². The molecule has 124 valence electrons. The summed E-state index contributed by atoms with van der Waals surface area (Å²) in [5.41, 5.74) is 2.38. The number of hydrogen-bond donors (Lipinski definition) is 2. The summed E-state index contributed by atoms with van der Waals surface area (Å²) in [6.45, 7) is 0. The van der Waals surface area contributed by atoms with Crippen LogP contribution >= 0.6 is 11.8 Å². The predicted molar refractivity (Wildman–Crippen MR) is 94.1 cm³/mol. The Kier molecular flexibility index (Phi) is 4.85. The van der Waals surface area contributed by atoms with Crippen LogP contribution in [0, 0.1) is 5.82 Å². The molecule has 6 heteroatoms. The fourth-order valence-electron chi connectivity index (χ4n) is 2.74. The van der Waals surface area contributed by atoms with Crippen LogP contribution in [0.2, 0.25) is 0 Å². The molecule has 0 aliphatic carbocycles. The maximum atomic E-state index is 14.0. The summed E-state index contributed by atoms with van der Waals surface area (Å²) in [5, 5.41) is 5.60. The second kappa shape index (κ2) is 7.05. The summed E-state index contributed by atoms with van der Waals surface area (Å²) >= 11 is 1.33. The maximum Gasteiger partial charge on any atom is 0.259 e. The molecule has 2 aromatic rings. The van der Waals surface area contributed by atoms with E-state index in [9.17, 15) is 14.0 Å². The van der Waals surface area contributed by atoms with Gasteiger partial charge in [0.2, 0.25) is 5.91 Å². The maximum absolute atomic E-state index is 14.0. The molecule has 0 fully saturated rings. The molecule has 2 aromatic carbocycles. The lowest BCUT2D eigenvalue weighted by Gasteiger charge is -2.12. The Bertz CT molecular complexity index is 808. The van der Waals surface area contributed by atoms with Crippen molar-refractivity contribution in [2.45, 2.75) is 24.2 Å². The number of halogens is 1. The molecule has 1 heterocycles. The molecule has 24 heavy (non-hydrogen) atoms. The fraction of sp³-hybridized carbons (Fsp3) is 0.222. The number of benzene rings is 2. The van der Waals surface area contributed by atoms with Crippen LogP contribution in [0.3, 0.4) is 0 Å². The Morgan fingerprint density at radius 3 is 2.88 bits per heavy atom. The highest BCUT2D eigenvalue weighted by atomic mass is 32.2. The van der Waals surface area contributed by atoms with Crippen LogP contribution < -0.4 is 10.6 Å². The van der Waals surface area contributed by atoms with Gasteiger partial charge in [0.05, 0.1) is 5.56 Å². The third kappa shape index (κ3) is 3.43. The smallest absolute Gasteiger partial charge is 0.259 e. The molecule has 0 spiro atoms. The third-order valence-electron chi connectivity index (χ3n) is 3.91. The zero-order valence-corrected chi connectivity index (χ0v) is 14.0. The van der Waals surface area contributed by atoms with Gasteiger partial charge >= 0.3 is 0 Å². The number of amides is 2. The summed E-state index contributed by atoms with van der Waals surface area (Å²) in [6, 6.07) is 9.89. The van der Waals surface area contributed by atoms with Crippen molar-refractivity contribution in [2.24, 2.45) is 0 Å². The van der Waals surface area contributed by atoms with Gasteiger partial charge in [0, 0.05) is 22.7 Å². The fourth-order valence-corrected chi connectivity index (χ4v) is 3.35. The van der Waals surface area contributed by atoms with Crippen LogP contribution in [0.5, 0.6) is 0 Å². The van der Waals surface area contributed by atoms with Gasteiger partial charge in [-0.25, -0.2) is 4.39 Å². The molecular weight excluding hydrogens is 327 g/mol. The first-order valence-corrected chi connectivity index (χ1v) is 8.87. The molecule has 2 amide bonds. The zero-order chi connectivity index (χ0) is 17.1. The Balaban J connectivity index is 1.86. The highest BCUT2D eigenvalue weighted by Gasteiger charge is 2.18. The minimum absolute atomic E-state index is 0.00139. The molecule has 1 aliphatic rings. The van der Waals surface area contributed by atoms with Crippen LogP contribution in [-0.4, -0.2) is 18.1 Å². The van der Waals surface area contributed by atoms with Crippen LogP contribution in [0.25, 0.3) is 0 Å². The lowest BCUT2D eigenvalue weighted by Crippen LogP contribution is -2.15. The van der Waals surface area contributed by atoms with Gasteiger partial charge in [-0.3, -0.25) is 9.59 Å². The van der Waals surface area contributed by atoms with Gasteiger partial charge in [-0.15, -0.1) is 11.8 Å². The molecule has 0 unspecified atom stereocenters. The summed E-state index contributed by atoms with van der Waals surface area (Å²) in [5.74, 6) is -1.02. The molecule has 0 bridgehead atoms. The molecule has 1 aliphatic heterocycles. The average Bonchev–Trinajstić information content (AvgIpc) is 2.74. The van der Waals surface area contributed by atoms with Gasteiger partial charge in [-0.2, -0.15) is 0 Å². The van der Waals surface area contributed by atoms with Gasteiger partial charge in [0.15, 0.2) is 0 Å². The SMILES string of the molecule is CSc1cccc(F)c1C(=O)Nc1ccc2c(c1)CCCC(=O)N2. The van der Waals surface area contributed by atoms with Crippen molar-refractivity contribution < 1.29 is 14.0 Å². The average molecular weight is 344 g/mol. The molecule has 3 rings (SSSR count). The van der Waals surface area contributed by atoms with Gasteiger partial charge in [-0.05, 0) is 55.0 Å². The number of anilines is 2. The zero-order valence-electron chi connectivity index (χ0n) is 13.2. The molecule has 4 nitrogen and oxygen atoms in total. The molecule has 0 aromatic heterocycles. The number of carbonyl (C=O) groups excluding carboxylic acids is 2. The quantitative estimate of drug-likeness (QED) is 0.825. The second-order valence-corrected chi connectivity index (χ2v) is 6.39. The van der Waals surface area contributed by atoms with Gasteiger partial charge in [0.1, 0.15) is 5.82 Å². The monoisotopic (exact) mass is 344 g/mol. The second-order valence-electron chi connectivity index (χ2n) is 5.54. The molecule has 0 radical (unpaired) electrons. The van der Waals surface area contributed by atoms with E-state index in [1.54, 1.807) is 30.5 Å². The van der Waals surface area contributed by atoms with E-state index in [1.165, 1.54) is 17.8 Å². The minimum Gasteiger partial charge on any atom is -0.326 e. The number of carbonyl (C=O) groups is 2. The normalized spacial score (nSPS) is 13.7. The van der Waals surface area contributed by atoms with Crippen molar-refractivity contribution in [3.8, 4) is 0 Å². The largest absolute Gasteiger partial charge is 0.326 e. The Labute approximate surface area is 143 Å². The van der Waals surface area contributed by atoms with Crippen LogP contribution in [0.15, 0.2) is 41.3 Å². The predicted octanol–water partition coefficient (Wildman–Crippen LogP) is 4.07. The van der Waals surface area contributed by atoms with Crippen molar-refractivity contribution in [3.63, 3.8) is 0 Å². The Morgan fingerprint density at radius 1 is 1.25 bits per heavy atom. The van der Waals surface area contributed by atoms with Crippen molar-refractivity contribution in [3.05, 3.63) is 53.3 Å². The van der Waals surface area contributed by atoms with E-state index < -0.39 is 11.7 Å². The molecular formula is C18H17FN2O2S. The first-order chi connectivity index (χ1) is 11.6. The summed E-state index contributed by atoms with van der Waals surface area (Å²) < 4.78 is 14.0. The van der Waals surface area contributed by atoms with Crippen LogP contribution in [0.4, 0.5) is 15.8 Å². The van der Waals surface area contributed by atoms with E-state index in [1.807, 2.05) is 6.07 Å². The van der Waals surface area contributed by atoms with Gasteiger partial charge in [-0.1, -0.05) is 6.07 Å². The summed E-state index contributed by atoms with van der Waals surface area (Å²) in [7, 11) is 0. The Hall–Kier alpha value is -2.34. The van der Waals surface area contributed by atoms with E-state index in [4.69, 9.17) is 0 Å². The molecule has 0 saturated heterocycles. The van der Waals surface area contributed by atoms with Crippen molar-refractivity contribution >= 4 is 35.0 Å². The number of hydrogen-bond acceptors (Lipinski definition) is 3. The highest BCUT2D eigenvalue weighted by Crippen LogP contribution is 2.27. The van der Waals surface area contributed by atoms with Crippen LogP contribution in [-0.2, 0) is 11.2 Å². The van der Waals surface area contributed by atoms with E-state index in [0.29, 0.717) is 17.0 Å². The molecule has 0 saturated carbocycles. The summed E-state index contributed by atoms with van der Waals surface area (Å²) in [6.07, 6.45) is 3.81. The third-order valence-corrected chi connectivity index (χ3v) is 4.69. The van der Waals surface area contributed by atoms with Gasteiger partial charge < -0.3 is 10.6 Å². The number of thioether (sulfide) groups is 1. The van der Waals surface area contributed by atoms with E-state index in [-0.39, 0.29) is 11.5 Å². The van der Waals surface area contributed by atoms with Crippen molar-refractivity contribution in [1.82, 2.24) is 0 Å². The van der Waals surface area contributed by atoms with E-state index >= 15 is 0 Å². The van der Waals surface area contributed by atoms with Gasteiger partial charge in [0.25, 0.3) is 5.91 Å². The van der Waals surface area contributed by atoms with Crippen molar-refractivity contribution in [2.75, 3.05) is 16.9 Å². The number of aryl methyl sites for hydroxylation is 1. The lowest BCUT2D eigenvalue weighted by molar-refractivity contribution is -0.116.